The van der Waals surface area contributed by atoms with Gasteiger partial charge in [0, 0.05) is 12.2 Å². The Kier molecular flexibility index (Phi) is 5.52. The molecule has 0 aromatic heterocycles. The van der Waals surface area contributed by atoms with Crippen LogP contribution in [0.1, 0.15) is 22.3 Å². The van der Waals surface area contributed by atoms with Gasteiger partial charge in [0.15, 0.2) is 0 Å². The average molecular weight is 280 g/mol. The lowest BCUT2D eigenvalue weighted by molar-refractivity contribution is -0.140. The molecule has 0 aliphatic rings. The number of carboxylic acid groups (broad SMARTS) is 1. The molecule has 110 valence electrons. The van der Waals surface area contributed by atoms with Crippen molar-refractivity contribution in [3.63, 3.8) is 0 Å². The van der Waals surface area contributed by atoms with Crippen LogP contribution in [0.3, 0.4) is 0 Å². The van der Waals surface area contributed by atoms with Crippen molar-refractivity contribution in [3.05, 3.63) is 28.3 Å². The number of rotatable bonds is 6. The van der Waals surface area contributed by atoms with Crippen molar-refractivity contribution in [2.45, 2.75) is 26.8 Å². The van der Waals surface area contributed by atoms with E-state index >= 15 is 0 Å². The van der Waals surface area contributed by atoms with Gasteiger partial charge in [-0.2, -0.15) is 0 Å². The summed E-state index contributed by atoms with van der Waals surface area (Å²) in [5, 5.41) is 11.4. The van der Waals surface area contributed by atoms with Crippen molar-refractivity contribution in [1.29, 1.82) is 0 Å². The van der Waals surface area contributed by atoms with E-state index in [9.17, 15) is 9.59 Å². The average Bonchev–Trinajstić information content (AvgIpc) is 2.39. The van der Waals surface area contributed by atoms with E-state index in [1.54, 1.807) is 6.07 Å². The second-order valence-corrected chi connectivity index (χ2v) is 4.60. The molecule has 0 saturated carbocycles. The van der Waals surface area contributed by atoms with Crippen molar-refractivity contribution in [2.75, 3.05) is 19.4 Å². The standard InChI is InChI=1S/C14H20N2O4/c1-8-10(6-16-7-13(17)18)4-12(15)9(2)11(8)5-14(19)20-3/h4,16H,5-7,15H2,1-3H3,(H,17,18). The molecule has 0 unspecified atom stereocenters. The maximum absolute atomic E-state index is 11.5. The third-order valence-electron chi connectivity index (χ3n) is 3.29. The number of carboxylic acids is 1. The lowest BCUT2D eigenvalue weighted by Crippen LogP contribution is -2.23. The van der Waals surface area contributed by atoms with Crippen molar-refractivity contribution < 1.29 is 19.4 Å². The van der Waals surface area contributed by atoms with E-state index in [1.165, 1.54) is 7.11 Å². The molecular formula is C14H20N2O4. The maximum atomic E-state index is 11.5. The van der Waals surface area contributed by atoms with E-state index in [0.29, 0.717) is 12.2 Å². The molecule has 0 aliphatic heterocycles. The van der Waals surface area contributed by atoms with Gasteiger partial charge in [0.2, 0.25) is 0 Å². The molecule has 6 nitrogen and oxygen atoms in total. The highest BCUT2D eigenvalue weighted by molar-refractivity contribution is 5.75. The molecule has 20 heavy (non-hydrogen) atoms. The zero-order valence-electron chi connectivity index (χ0n) is 11.9. The van der Waals surface area contributed by atoms with E-state index in [-0.39, 0.29) is 18.9 Å². The highest BCUT2D eigenvalue weighted by Crippen LogP contribution is 2.25. The van der Waals surface area contributed by atoms with Gasteiger partial charge in [-0.05, 0) is 42.2 Å². The first-order chi connectivity index (χ1) is 9.36. The Hall–Kier alpha value is -2.08. The number of methoxy groups -OCH3 is 1. The fourth-order valence-electron chi connectivity index (χ4n) is 2.02. The zero-order chi connectivity index (χ0) is 15.3. The Morgan fingerprint density at radius 2 is 2.00 bits per heavy atom. The smallest absolute Gasteiger partial charge is 0.317 e. The van der Waals surface area contributed by atoms with Crippen LogP contribution >= 0.6 is 0 Å². The summed E-state index contributed by atoms with van der Waals surface area (Å²) in [5.74, 6) is -1.25. The highest BCUT2D eigenvalue weighted by Gasteiger charge is 2.14. The Morgan fingerprint density at radius 1 is 1.35 bits per heavy atom. The number of anilines is 1. The topological polar surface area (TPSA) is 102 Å². The normalized spacial score (nSPS) is 10.3. The summed E-state index contributed by atoms with van der Waals surface area (Å²) in [6.45, 7) is 4.01. The minimum Gasteiger partial charge on any atom is -0.480 e. The predicted octanol–water partition coefficient (Wildman–Crippen LogP) is 0.775. The van der Waals surface area contributed by atoms with E-state index in [0.717, 1.165) is 22.3 Å². The molecule has 0 heterocycles. The van der Waals surface area contributed by atoms with Crippen LogP contribution in [0.4, 0.5) is 5.69 Å². The van der Waals surface area contributed by atoms with Crippen molar-refractivity contribution >= 4 is 17.6 Å². The van der Waals surface area contributed by atoms with E-state index in [1.807, 2.05) is 13.8 Å². The van der Waals surface area contributed by atoms with Crippen LogP contribution in [0.2, 0.25) is 0 Å². The van der Waals surface area contributed by atoms with Crippen LogP contribution in [0.5, 0.6) is 0 Å². The second-order valence-electron chi connectivity index (χ2n) is 4.60. The van der Waals surface area contributed by atoms with Gasteiger partial charge < -0.3 is 20.9 Å². The van der Waals surface area contributed by atoms with Crippen LogP contribution in [-0.2, 0) is 27.3 Å². The molecular weight excluding hydrogens is 260 g/mol. The summed E-state index contributed by atoms with van der Waals surface area (Å²) in [6.07, 6.45) is 0.158. The summed E-state index contributed by atoms with van der Waals surface area (Å²) in [4.78, 5) is 22.0. The zero-order valence-corrected chi connectivity index (χ0v) is 11.9. The minimum atomic E-state index is -0.919. The summed E-state index contributed by atoms with van der Waals surface area (Å²) in [5.41, 5.74) is 10.0. The van der Waals surface area contributed by atoms with Gasteiger partial charge in [-0.1, -0.05) is 0 Å². The largest absolute Gasteiger partial charge is 0.480 e. The Morgan fingerprint density at radius 3 is 2.55 bits per heavy atom. The van der Waals surface area contributed by atoms with Gasteiger partial charge in [0.05, 0.1) is 20.1 Å². The Bertz CT molecular complexity index is 526. The fourth-order valence-corrected chi connectivity index (χ4v) is 2.02. The molecule has 0 spiro atoms. The predicted molar refractivity (Wildman–Crippen MR) is 75.4 cm³/mol. The molecule has 0 fully saturated rings. The Labute approximate surface area is 117 Å². The number of nitrogen functional groups attached to an aromatic ring is 1. The van der Waals surface area contributed by atoms with E-state index < -0.39 is 5.97 Å². The summed E-state index contributed by atoms with van der Waals surface area (Å²) < 4.78 is 4.68. The Balaban J connectivity index is 3.02. The number of carbonyl (C=O) groups excluding carboxylic acids is 1. The first-order valence-corrected chi connectivity index (χ1v) is 6.23. The van der Waals surface area contributed by atoms with Gasteiger partial charge in [0.25, 0.3) is 0 Å². The van der Waals surface area contributed by atoms with Gasteiger partial charge in [0.1, 0.15) is 0 Å². The number of esters is 1. The first-order valence-electron chi connectivity index (χ1n) is 6.23. The van der Waals surface area contributed by atoms with Crippen LogP contribution in [-0.4, -0.2) is 30.7 Å². The van der Waals surface area contributed by atoms with Gasteiger partial charge in [-0.3, -0.25) is 9.59 Å². The quantitative estimate of drug-likeness (QED) is 0.525. The van der Waals surface area contributed by atoms with Crippen LogP contribution in [0.25, 0.3) is 0 Å². The minimum absolute atomic E-state index is 0.125. The highest BCUT2D eigenvalue weighted by atomic mass is 16.5. The monoisotopic (exact) mass is 280 g/mol. The van der Waals surface area contributed by atoms with Gasteiger partial charge in [-0.25, -0.2) is 0 Å². The molecule has 0 radical (unpaired) electrons. The molecule has 6 heteroatoms. The lowest BCUT2D eigenvalue weighted by Gasteiger charge is -2.16. The molecule has 0 atom stereocenters. The molecule has 4 N–H and O–H groups in total. The number of benzene rings is 1. The number of ether oxygens (including phenoxy) is 1. The summed E-state index contributed by atoms with van der Waals surface area (Å²) in [6, 6.07) is 1.81. The number of hydrogen-bond acceptors (Lipinski definition) is 5. The fraction of sp³-hybridized carbons (Fsp3) is 0.429. The number of carbonyl (C=O) groups is 2. The van der Waals surface area contributed by atoms with Gasteiger partial charge in [-0.15, -0.1) is 0 Å². The summed E-state index contributed by atoms with van der Waals surface area (Å²) in [7, 11) is 1.34. The molecule has 1 aromatic carbocycles. The van der Waals surface area contributed by atoms with Gasteiger partial charge >= 0.3 is 11.9 Å². The number of aliphatic carboxylic acids is 1. The molecule has 1 rings (SSSR count). The summed E-state index contributed by atoms with van der Waals surface area (Å²) >= 11 is 0. The number of nitrogens with one attached hydrogen (secondary N) is 1. The van der Waals surface area contributed by atoms with Crippen LogP contribution < -0.4 is 11.1 Å². The third kappa shape index (κ3) is 3.96. The molecule has 0 saturated heterocycles. The molecule has 0 amide bonds. The SMILES string of the molecule is COC(=O)Cc1c(C)c(N)cc(CNCC(=O)O)c1C. The van der Waals surface area contributed by atoms with Crippen molar-refractivity contribution in [2.24, 2.45) is 0 Å². The molecule has 0 aliphatic carbocycles. The van der Waals surface area contributed by atoms with E-state index in [2.05, 4.69) is 10.1 Å². The number of nitrogens with two attached hydrogens (primary N) is 1. The lowest BCUT2D eigenvalue weighted by atomic mass is 9.94. The van der Waals surface area contributed by atoms with Crippen LogP contribution in [0.15, 0.2) is 6.07 Å². The van der Waals surface area contributed by atoms with Crippen molar-refractivity contribution in [3.8, 4) is 0 Å². The van der Waals surface area contributed by atoms with Crippen LogP contribution in [0, 0.1) is 13.8 Å². The first kappa shape index (κ1) is 16.0. The van der Waals surface area contributed by atoms with Crippen molar-refractivity contribution in [1.82, 2.24) is 5.32 Å². The molecule has 1 aromatic rings. The number of hydrogen-bond donors (Lipinski definition) is 3. The maximum Gasteiger partial charge on any atom is 0.317 e. The third-order valence-corrected chi connectivity index (χ3v) is 3.29. The van der Waals surface area contributed by atoms with E-state index in [4.69, 9.17) is 10.8 Å². The molecule has 0 bridgehead atoms. The second kappa shape index (κ2) is 6.91.